The summed E-state index contributed by atoms with van der Waals surface area (Å²) >= 11 is 0. The molecule has 0 aromatic heterocycles. The van der Waals surface area contributed by atoms with E-state index in [9.17, 15) is 0 Å². The van der Waals surface area contributed by atoms with Crippen LogP contribution in [0.25, 0.3) is 0 Å². The zero-order valence-corrected chi connectivity index (χ0v) is 7.14. The van der Waals surface area contributed by atoms with E-state index in [0.29, 0.717) is 6.54 Å². The lowest BCUT2D eigenvalue weighted by Crippen LogP contribution is -2.04. The molecular formula is C10H10N2O. The Morgan fingerprint density at radius 1 is 1.23 bits per heavy atom. The van der Waals surface area contributed by atoms with Gasteiger partial charge in [-0.15, -0.1) is 0 Å². The van der Waals surface area contributed by atoms with Crippen LogP contribution in [0.4, 0.5) is 0 Å². The lowest BCUT2D eigenvalue weighted by atomic mass is 10.2. The van der Waals surface area contributed by atoms with Crippen LogP contribution in [0.5, 0.6) is 0 Å². The number of benzene rings is 1. The van der Waals surface area contributed by atoms with Gasteiger partial charge < -0.3 is 5.11 Å². The van der Waals surface area contributed by atoms with Gasteiger partial charge in [0.1, 0.15) is 0 Å². The molecular weight excluding hydrogens is 164 g/mol. The van der Waals surface area contributed by atoms with E-state index in [4.69, 9.17) is 5.11 Å². The number of hydrogen-bond donors (Lipinski definition) is 1. The van der Waals surface area contributed by atoms with Crippen LogP contribution in [-0.2, 0) is 0 Å². The van der Waals surface area contributed by atoms with Crippen molar-refractivity contribution in [1.29, 1.82) is 0 Å². The molecule has 0 amide bonds. The number of hydrogen-bond acceptors (Lipinski definition) is 3. The molecule has 0 radical (unpaired) electrons. The van der Waals surface area contributed by atoms with E-state index in [1.165, 1.54) is 0 Å². The highest BCUT2D eigenvalue weighted by molar-refractivity contribution is 6.11. The third-order valence-electron chi connectivity index (χ3n) is 1.89. The fraction of sp³-hybridized carbons (Fsp3) is 0.200. The fourth-order valence-electron chi connectivity index (χ4n) is 1.22. The van der Waals surface area contributed by atoms with E-state index in [1.807, 2.05) is 30.3 Å². The number of amidine groups is 1. The molecule has 0 bridgehead atoms. The minimum Gasteiger partial charge on any atom is -0.390 e. The summed E-state index contributed by atoms with van der Waals surface area (Å²) in [6.07, 6.45) is 0. The van der Waals surface area contributed by atoms with Crippen molar-refractivity contribution in [2.75, 3.05) is 13.2 Å². The summed E-state index contributed by atoms with van der Waals surface area (Å²) in [7, 11) is 0. The third-order valence-corrected chi connectivity index (χ3v) is 1.89. The number of nitrogens with zero attached hydrogens (tertiary/aromatic N) is 2. The van der Waals surface area contributed by atoms with Crippen LogP contribution in [0, 0.1) is 0 Å². The smallest absolute Gasteiger partial charge is 0.155 e. The number of aliphatic hydroxyl groups is 1. The van der Waals surface area contributed by atoms with Crippen molar-refractivity contribution >= 4 is 11.5 Å². The lowest BCUT2D eigenvalue weighted by molar-refractivity contribution is 0.356. The molecule has 3 heteroatoms. The predicted molar refractivity (Wildman–Crippen MR) is 52.4 cm³/mol. The largest absolute Gasteiger partial charge is 0.390 e. The molecule has 1 aromatic rings. The second kappa shape index (κ2) is 3.49. The van der Waals surface area contributed by atoms with Crippen molar-refractivity contribution in [3.63, 3.8) is 0 Å². The highest BCUT2D eigenvalue weighted by Crippen LogP contribution is 2.07. The standard InChI is InChI=1S/C10H10N2O/c13-7-9-6-11-10(12-9)8-4-2-1-3-5-8/h1-5,13H,6-7H2. The first kappa shape index (κ1) is 8.13. The summed E-state index contributed by atoms with van der Waals surface area (Å²) in [5, 5.41) is 8.83. The molecule has 0 saturated carbocycles. The normalized spacial score (nSPS) is 15.5. The number of aliphatic imine (C=N–C) groups is 2. The average Bonchev–Trinajstić information content (AvgIpc) is 2.67. The summed E-state index contributed by atoms with van der Waals surface area (Å²) in [5.41, 5.74) is 1.74. The molecule has 1 aliphatic rings. The van der Waals surface area contributed by atoms with Gasteiger partial charge in [-0.1, -0.05) is 30.3 Å². The molecule has 66 valence electrons. The lowest BCUT2D eigenvalue weighted by Gasteiger charge is -1.94. The topological polar surface area (TPSA) is 45.0 Å². The van der Waals surface area contributed by atoms with E-state index < -0.39 is 0 Å². The minimum atomic E-state index is -0.000165. The van der Waals surface area contributed by atoms with Crippen LogP contribution in [0.2, 0.25) is 0 Å². The van der Waals surface area contributed by atoms with Gasteiger partial charge in [0, 0.05) is 5.56 Å². The molecule has 0 saturated heterocycles. The van der Waals surface area contributed by atoms with Crippen LogP contribution < -0.4 is 0 Å². The van der Waals surface area contributed by atoms with Gasteiger partial charge in [0.2, 0.25) is 0 Å². The van der Waals surface area contributed by atoms with E-state index in [-0.39, 0.29) is 6.61 Å². The van der Waals surface area contributed by atoms with Gasteiger partial charge in [0.15, 0.2) is 5.84 Å². The van der Waals surface area contributed by atoms with E-state index >= 15 is 0 Å². The van der Waals surface area contributed by atoms with Crippen LogP contribution in [0.1, 0.15) is 5.56 Å². The Morgan fingerprint density at radius 2 is 2.00 bits per heavy atom. The number of aliphatic hydroxyl groups excluding tert-OH is 1. The van der Waals surface area contributed by atoms with Crippen molar-refractivity contribution in [1.82, 2.24) is 0 Å². The van der Waals surface area contributed by atoms with Crippen LogP contribution in [0.3, 0.4) is 0 Å². The molecule has 0 spiro atoms. The Hall–Kier alpha value is -1.48. The summed E-state index contributed by atoms with van der Waals surface area (Å²) in [6.45, 7) is 0.528. The zero-order chi connectivity index (χ0) is 9.10. The molecule has 0 fully saturated rings. The van der Waals surface area contributed by atoms with Gasteiger partial charge in [-0.05, 0) is 0 Å². The molecule has 2 rings (SSSR count). The maximum absolute atomic E-state index is 8.83. The molecule has 0 unspecified atom stereocenters. The summed E-state index contributed by atoms with van der Waals surface area (Å²) in [6, 6.07) is 9.77. The van der Waals surface area contributed by atoms with E-state index in [2.05, 4.69) is 9.98 Å². The molecule has 0 atom stereocenters. The molecule has 1 heterocycles. The maximum Gasteiger partial charge on any atom is 0.155 e. The summed E-state index contributed by atoms with van der Waals surface area (Å²) in [4.78, 5) is 8.40. The molecule has 0 aliphatic carbocycles. The molecule has 1 aromatic carbocycles. The van der Waals surface area contributed by atoms with Crippen LogP contribution in [0.15, 0.2) is 40.3 Å². The third kappa shape index (κ3) is 1.65. The highest BCUT2D eigenvalue weighted by atomic mass is 16.3. The van der Waals surface area contributed by atoms with Crippen molar-refractivity contribution in [3.05, 3.63) is 35.9 Å². The first-order chi connectivity index (χ1) is 6.40. The predicted octanol–water partition coefficient (Wildman–Crippen LogP) is 0.880. The van der Waals surface area contributed by atoms with Gasteiger partial charge in [0.05, 0.1) is 18.9 Å². The molecule has 1 aliphatic heterocycles. The van der Waals surface area contributed by atoms with Gasteiger partial charge in [-0.25, -0.2) is 4.99 Å². The van der Waals surface area contributed by atoms with Crippen molar-refractivity contribution in [2.45, 2.75) is 0 Å². The summed E-state index contributed by atoms with van der Waals surface area (Å²) in [5.74, 6) is 0.727. The first-order valence-electron chi connectivity index (χ1n) is 4.17. The van der Waals surface area contributed by atoms with Gasteiger partial charge in [0.25, 0.3) is 0 Å². The van der Waals surface area contributed by atoms with Gasteiger partial charge >= 0.3 is 0 Å². The van der Waals surface area contributed by atoms with Crippen molar-refractivity contribution in [3.8, 4) is 0 Å². The van der Waals surface area contributed by atoms with Crippen molar-refractivity contribution < 1.29 is 5.11 Å². The van der Waals surface area contributed by atoms with E-state index in [1.54, 1.807) is 0 Å². The van der Waals surface area contributed by atoms with Crippen LogP contribution >= 0.6 is 0 Å². The highest BCUT2D eigenvalue weighted by Gasteiger charge is 2.09. The minimum absolute atomic E-state index is 0.000165. The van der Waals surface area contributed by atoms with Gasteiger partial charge in [-0.3, -0.25) is 4.99 Å². The zero-order valence-electron chi connectivity index (χ0n) is 7.14. The SMILES string of the molecule is OCC1=NC(c2ccccc2)=NC1. The quantitative estimate of drug-likeness (QED) is 0.710. The maximum atomic E-state index is 8.83. The first-order valence-corrected chi connectivity index (χ1v) is 4.17. The van der Waals surface area contributed by atoms with Gasteiger partial charge in [-0.2, -0.15) is 0 Å². The summed E-state index contributed by atoms with van der Waals surface area (Å²) < 4.78 is 0. The second-order valence-electron chi connectivity index (χ2n) is 2.84. The Kier molecular flexibility index (Phi) is 2.19. The second-order valence-corrected chi connectivity index (χ2v) is 2.84. The molecule has 3 nitrogen and oxygen atoms in total. The average molecular weight is 174 g/mol. The van der Waals surface area contributed by atoms with Crippen molar-refractivity contribution in [2.24, 2.45) is 9.98 Å². The molecule has 13 heavy (non-hydrogen) atoms. The Bertz CT molecular complexity index is 354. The Labute approximate surface area is 76.5 Å². The molecule has 1 N–H and O–H groups in total. The Balaban J connectivity index is 2.25. The van der Waals surface area contributed by atoms with Crippen LogP contribution in [-0.4, -0.2) is 29.8 Å². The fourth-order valence-corrected chi connectivity index (χ4v) is 1.22. The number of rotatable bonds is 2. The monoisotopic (exact) mass is 174 g/mol. The Morgan fingerprint density at radius 3 is 2.62 bits per heavy atom. The van der Waals surface area contributed by atoms with E-state index in [0.717, 1.165) is 17.1 Å².